The fraction of sp³-hybridized carbons (Fsp3) is 0.158. The van der Waals surface area contributed by atoms with E-state index in [2.05, 4.69) is 4.99 Å². The maximum absolute atomic E-state index is 12.8. The van der Waals surface area contributed by atoms with E-state index in [9.17, 15) is 9.90 Å². The highest BCUT2D eigenvalue weighted by Gasteiger charge is 2.15. The zero-order chi connectivity index (χ0) is 18.0. The summed E-state index contributed by atoms with van der Waals surface area (Å²) in [5.41, 5.74) is 2.09. The maximum Gasteiger partial charge on any atom is 0.297 e. The van der Waals surface area contributed by atoms with Crippen molar-refractivity contribution in [1.82, 2.24) is 9.36 Å². The molecule has 1 N–H and O–H groups in total. The van der Waals surface area contributed by atoms with Gasteiger partial charge in [-0.2, -0.15) is 0 Å². The molecule has 0 radical (unpaired) electrons. The minimum atomic E-state index is -0.218. The summed E-state index contributed by atoms with van der Waals surface area (Å²) < 4.78 is 8.47. The fourth-order valence-electron chi connectivity index (χ4n) is 2.60. The van der Waals surface area contributed by atoms with E-state index in [4.69, 9.17) is 4.74 Å². The van der Waals surface area contributed by atoms with Crippen LogP contribution in [-0.4, -0.2) is 27.8 Å². The number of phenolic OH excluding ortho intramolecular Hbond substituents is 1. The Labute approximate surface area is 145 Å². The molecule has 128 valence electrons. The number of nitrogens with zero attached hydrogens (tertiary/aromatic N) is 3. The summed E-state index contributed by atoms with van der Waals surface area (Å²) >= 11 is 0. The number of benzene rings is 2. The lowest BCUT2D eigenvalue weighted by molar-refractivity contribution is 0.412. The Bertz CT molecular complexity index is 985. The molecule has 0 fully saturated rings. The van der Waals surface area contributed by atoms with Gasteiger partial charge in [0.2, 0.25) is 0 Å². The predicted octanol–water partition coefficient (Wildman–Crippen LogP) is 2.95. The highest BCUT2D eigenvalue weighted by Crippen LogP contribution is 2.23. The summed E-state index contributed by atoms with van der Waals surface area (Å²) in [6.45, 7) is 1.83. The number of methoxy groups -OCH3 is 1. The van der Waals surface area contributed by atoms with E-state index in [0.29, 0.717) is 17.0 Å². The van der Waals surface area contributed by atoms with E-state index < -0.39 is 0 Å². The summed E-state index contributed by atoms with van der Waals surface area (Å²) in [4.78, 5) is 17.1. The quantitative estimate of drug-likeness (QED) is 0.744. The van der Waals surface area contributed by atoms with Crippen LogP contribution < -0.4 is 10.3 Å². The molecule has 0 amide bonds. The van der Waals surface area contributed by atoms with Crippen molar-refractivity contribution >= 4 is 11.9 Å². The molecule has 6 heteroatoms. The van der Waals surface area contributed by atoms with Gasteiger partial charge in [-0.05, 0) is 37.3 Å². The topological polar surface area (TPSA) is 68.8 Å². The van der Waals surface area contributed by atoms with Crippen LogP contribution in [0.25, 0.3) is 5.69 Å². The minimum Gasteiger partial charge on any atom is -0.507 e. The van der Waals surface area contributed by atoms with Crippen molar-refractivity contribution in [1.29, 1.82) is 0 Å². The largest absolute Gasteiger partial charge is 0.507 e. The highest BCUT2D eigenvalue weighted by atomic mass is 16.5. The van der Waals surface area contributed by atoms with E-state index in [1.165, 1.54) is 12.3 Å². The maximum atomic E-state index is 12.8. The van der Waals surface area contributed by atoms with Crippen molar-refractivity contribution in [3.63, 3.8) is 0 Å². The molecule has 0 spiro atoms. The molecule has 0 aliphatic heterocycles. The van der Waals surface area contributed by atoms with E-state index in [1.807, 2.05) is 44.3 Å². The van der Waals surface area contributed by atoms with E-state index in [-0.39, 0.29) is 11.3 Å². The molecular formula is C19H19N3O3. The summed E-state index contributed by atoms with van der Waals surface area (Å²) in [6, 6.07) is 14.2. The number of hydrogen-bond acceptors (Lipinski definition) is 4. The average molecular weight is 337 g/mol. The lowest BCUT2D eigenvalue weighted by Crippen LogP contribution is -2.19. The summed E-state index contributed by atoms with van der Waals surface area (Å²) in [6.07, 6.45) is 1.47. The van der Waals surface area contributed by atoms with E-state index >= 15 is 0 Å². The third-order valence-corrected chi connectivity index (χ3v) is 4.09. The highest BCUT2D eigenvalue weighted by molar-refractivity contribution is 5.86. The Morgan fingerprint density at radius 1 is 1.16 bits per heavy atom. The molecule has 3 rings (SSSR count). The van der Waals surface area contributed by atoms with Crippen LogP contribution in [0.15, 0.2) is 58.3 Å². The molecule has 0 atom stereocenters. The van der Waals surface area contributed by atoms with Crippen LogP contribution >= 0.6 is 0 Å². The molecule has 0 aliphatic rings. The van der Waals surface area contributed by atoms with Gasteiger partial charge in [-0.3, -0.25) is 9.48 Å². The molecule has 1 heterocycles. The van der Waals surface area contributed by atoms with Crippen molar-refractivity contribution in [2.45, 2.75) is 6.92 Å². The molecule has 6 nitrogen and oxygen atoms in total. The van der Waals surface area contributed by atoms with Crippen molar-refractivity contribution in [3.05, 3.63) is 70.1 Å². The van der Waals surface area contributed by atoms with Crippen LogP contribution in [0.4, 0.5) is 5.69 Å². The van der Waals surface area contributed by atoms with Crippen LogP contribution in [0, 0.1) is 6.92 Å². The van der Waals surface area contributed by atoms with Gasteiger partial charge in [-0.1, -0.05) is 18.2 Å². The molecular weight excluding hydrogens is 318 g/mol. The summed E-state index contributed by atoms with van der Waals surface area (Å²) in [7, 11) is 3.36. The van der Waals surface area contributed by atoms with E-state index in [0.717, 1.165) is 11.4 Å². The normalized spacial score (nSPS) is 11.2. The monoisotopic (exact) mass is 337 g/mol. The van der Waals surface area contributed by atoms with Gasteiger partial charge in [-0.15, -0.1) is 0 Å². The average Bonchev–Trinajstić information content (AvgIpc) is 2.84. The zero-order valence-corrected chi connectivity index (χ0v) is 14.3. The second-order valence-corrected chi connectivity index (χ2v) is 5.59. The van der Waals surface area contributed by atoms with Crippen LogP contribution in [0.1, 0.15) is 11.3 Å². The Hall–Kier alpha value is -3.28. The molecule has 2 aromatic carbocycles. The van der Waals surface area contributed by atoms with Crippen molar-refractivity contribution in [2.24, 2.45) is 12.0 Å². The number of hydrogen-bond donors (Lipinski definition) is 1. The van der Waals surface area contributed by atoms with Crippen molar-refractivity contribution < 1.29 is 9.84 Å². The second-order valence-electron chi connectivity index (χ2n) is 5.59. The predicted molar refractivity (Wildman–Crippen MR) is 97.7 cm³/mol. The Balaban J connectivity index is 2.06. The molecule has 1 aromatic heterocycles. The lowest BCUT2D eigenvalue weighted by Gasteiger charge is -2.07. The van der Waals surface area contributed by atoms with Gasteiger partial charge >= 0.3 is 0 Å². The number of aromatic hydroxyl groups is 1. The van der Waals surface area contributed by atoms with Gasteiger partial charge < -0.3 is 9.84 Å². The Kier molecular flexibility index (Phi) is 4.43. The minimum absolute atomic E-state index is 0.0709. The lowest BCUT2D eigenvalue weighted by atomic mass is 10.2. The SMILES string of the molecule is COc1ccc(O)c(C=Nc2c(C)n(C)n(-c3ccccc3)c2=O)c1. The van der Waals surface area contributed by atoms with Gasteiger partial charge in [0.1, 0.15) is 11.5 Å². The third-order valence-electron chi connectivity index (χ3n) is 4.09. The first kappa shape index (κ1) is 16.6. The summed E-state index contributed by atoms with van der Waals surface area (Å²) in [5.74, 6) is 0.673. The molecule has 25 heavy (non-hydrogen) atoms. The van der Waals surface area contributed by atoms with Crippen LogP contribution in [0.3, 0.4) is 0 Å². The number of aromatic nitrogens is 2. The van der Waals surface area contributed by atoms with Gasteiger partial charge in [0.05, 0.1) is 18.5 Å². The third kappa shape index (κ3) is 3.06. The second kappa shape index (κ2) is 6.68. The summed E-state index contributed by atoms with van der Waals surface area (Å²) in [5, 5.41) is 9.95. The van der Waals surface area contributed by atoms with Crippen molar-refractivity contribution in [2.75, 3.05) is 7.11 Å². The standard InChI is InChI=1S/C19H19N3O3/c1-13-18(20-12-14-11-16(25-3)9-10-17(14)23)19(24)22(21(13)2)15-7-5-4-6-8-15/h4-12,23H,1-3H3. The Morgan fingerprint density at radius 2 is 1.88 bits per heavy atom. The first-order valence-electron chi connectivity index (χ1n) is 7.78. The molecule has 3 aromatic rings. The van der Waals surface area contributed by atoms with E-state index in [1.54, 1.807) is 28.6 Å². The fourth-order valence-corrected chi connectivity index (χ4v) is 2.60. The first-order valence-corrected chi connectivity index (χ1v) is 7.78. The zero-order valence-electron chi connectivity index (χ0n) is 14.3. The smallest absolute Gasteiger partial charge is 0.297 e. The number of para-hydroxylation sites is 1. The van der Waals surface area contributed by atoms with Gasteiger partial charge in [0.25, 0.3) is 5.56 Å². The van der Waals surface area contributed by atoms with Gasteiger partial charge in [-0.25, -0.2) is 9.67 Å². The van der Waals surface area contributed by atoms with Crippen LogP contribution in [0.5, 0.6) is 11.5 Å². The van der Waals surface area contributed by atoms with Gasteiger partial charge in [0.15, 0.2) is 5.69 Å². The number of phenols is 1. The van der Waals surface area contributed by atoms with Crippen LogP contribution in [-0.2, 0) is 7.05 Å². The molecule has 0 unspecified atom stereocenters. The first-order chi connectivity index (χ1) is 12.0. The molecule has 0 bridgehead atoms. The number of rotatable bonds is 4. The van der Waals surface area contributed by atoms with Crippen molar-refractivity contribution in [3.8, 4) is 17.2 Å². The molecule has 0 saturated carbocycles. The molecule has 0 saturated heterocycles. The van der Waals surface area contributed by atoms with Gasteiger partial charge in [0, 0.05) is 18.8 Å². The van der Waals surface area contributed by atoms with Crippen LogP contribution in [0.2, 0.25) is 0 Å². The number of aliphatic imine (C=N–C) groups is 1. The Morgan fingerprint density at radius 3 is 2.56 bits per heavy atom. The number of ether oxygens (including phenoxy) is 1. The molecule has 0 aliphatic carbocycles.